The van der Waals surface area contributed by atoms with Gasteiger partial charge >= 0.3 is 0 Å². The number of sulfone groups is 1. The average Bonchev–Trinajstić information content (AvgIpc) is 2.67. The zero-order chi connectivity index (χ0) is 21.1. The van der Waals surface area contributed by atoms with Crippen LogP contribution < -0.4 is 4.72 Å². The molecule has 1 N–H and O–H groups in total. The summed E-state index contributed by atoms with van der Waals surface area (Å²) in [7, 11) is -7.71. The minimum Gasteiger partial charge on any atom is -0.281 e. The van der Waals surface area contributed by atoms with Crippen molar-refractivity contribution in [2.75, 3.05) is 11.0 Å². The van der Waals surface area contributed by atoms with Crippen molar-refractivity contribution in [3.8, 4) is 0 Å². The lowest BCUT2D eigenvalue weighted by Crippen LogP contribution is -2.14. The van der Waals surface area contributed by atoms with Crippen molar-refractivity contribution in [2.24, 2.45) is 0 Å². The quantitative estimate of drug-likeness (QED) is 0.601. The first-order valence-corrected chi connectivity index (χ1v) is 11.7. The van der Waals surface area contributed by atoms with Gasteiger partial charge in [0.1, 0.15) is 5.82 Å². The van der Waals surface area contributed by atoms with E-state index >= 15 is 0 Å². The SMILES string of the molecule is CS(=O)(=O)Nc1cccnc1S(=O)(=O)c1ccc(/C=C/c2ccc(F)cc2)cc1. The van der Waals surface area contributed by atoms with Crippen LogP contribution in [0.25, 0.3) is 12.2 Å². The predicted octanol–water partition coefficient (Wildman–Crippen LogP) is 3.60. The minimum atomic E-state index is -4.03. The number of hydrogen-bond donors (Lipinski definition) is 1. The lowest BCUT2D eigenvalue weighted by Gasteiger charge is -2.10. The van der Waals surface area contributed by atoms with Crippen LogP contribution in [0.2, 0.25) is 0 Å². The van der Waals surface area contributed by atoms with E-state index in [9.17, 15) is 21.2 Å². The molecule has 0 unspecified atom stereocenters. The zero-order valence-corrected chi connectivity index (χ0v) is 16.9. The third kappa shape index (κ3) is 5.27. The number of rotatable bonds is 6. The number of pyridine rings is 1. The van der Waals surface area contributed by atoms with Crippen LogP contribution in [0.15, 0.2) is 76.8 Å². The summed E-state index contributed by atoms with van der Waals surface area (Å²) in [6.45, 7) is 0. The first kappa shape index (κ1) is 20.7. The normalized spacial score (nSPS) is 12.2. The van der Waals surface area contributed by atoms with Crippen LogP contribution in [0.1, 0.15) is 11.1 Å². The second kappa shape index (κ2) is 8.14. The van der Waals surface area contributed by atoms with Gasteiger partial charge in [0.2, 0.25) is 19.9 Å². The van der Waals surface area contributed by atoms with Crippen LogP contribution in [-0.4, -0.2) is 28.1 Å². The van der Waals surface area contributed by atoms with E-state index in [0.717, 1.165) is 17.4 Å². The molecule has 3 rings (SSSR count). The second-order valence-corrected chi connectivity index (χ2v) is 9.80. The molecular weight excluding hydrogens is 415 g/mol. The van der Waals surface area contributed by atoms with Crippen LogP contribution in [-0.2, 0) is 19.9 Å². The fourth-order valence-corrected chi connectivity index (χ4v) is 4.47. The van der Waals surface area contributed by atoms with Gasteiger partial charge in [0.05, 0.1) is 16.8 Å². The molecule has 150 valence electrons. The molecule has 29 heavy (non-hydrogen) atoms. The van der Waals surface area contributed by atoms with Crippen molar-refractivity contribution >= 4 is 37.7 Å². The summed E-state index contributed by atoms with van der Waals surface area (Å²) in [6.07, 6.45) is 5.75. The Labute approximate surface area is 168 Å². The van der Waals surface area contributed by atoms with E-state index in [4.69, 9.17) is 0 Å². The fourth-order valence-electron chi connectivity index (χ4n) is 2.52. The highest BCUT2D eigenvalue weighted by Gasteiger charge is 2.24. The molecule has 0 aliphatic carbocycles. The van der Waals surface area contributed by atoms with Crippen LogP contribution in [0.3, 0.4) is 0 Å². The monoisotopic (exact) mass is 432 g/mol. The number of nitrogens with zero attached hydrogens (tertiary/aromatic N) is 1. The number of halogens is 1. The first-order chi connectivity index (χ1) is 13.6. The van der Waals surface area contributed by atoms with Crippen LogP contribution in [0.4, 0.5) is 10.1 Å². The summed E-state index contributed by atoms with van der Waals surface area (Å²) >= 11 is 0. The van der Waals surface area contributed by atoms with E-state index in [1.165, 1.54) is 42.6 Å². The van der Waals surface area contributed by atoms with Crippen molar-refractivity contribution in [3.05, 3.63) is 83.8 Å². The summed E-state index contributed by atoms with van der Waals surface area (Å²) in [5.74, 6) is -0.323. The van der Waals surface area contributed by atoms with Crippen molar-refractivity contribution in [1.29, 1.82) is 0 Å². The lowest BCUT2D eigenvalue weighted by molar-refractivity contribution is 0.593. The van der Waals surface area contributed by atoms with Crippen molar-refractivity contribution in [3.63, 3.8) is 0 Å². The lowest BCUT2D eigenvalue weighted by atomic mass is 10.1. The second-order valence-electron chi connectivity index (χ2n) is 6.19. The minimum absolute atomic E-state index is 0.0216. The Kier molecular flexibility index (Phi) is 5.81. The number of aromatic nitrogens is 1. The van der Waals surface area contributed by atoms with E-state index < -0.39 is 19.9 Å². The Hall–Kier alpha value is -3.04. The molecule has 0 spiro atoms. The van der Waals surface area contributed by atoms with Gasteiger partial charge in [-0.2, -0.15) is 0 Å². The summed E-state index contributed by atoms with van der Waals surface area (Å²) in [5, 5.41) is -0.375. The molecule has 0 saturated heterocycles. The number of hydrogen-bond acceptors (Lipinski definition) is 5. The van der Waals surface area contributed by atoms with Crippen LogP contribution in [0.5, 0.6) is 0 Å². The van der Waals surface area contributed by atoms with Gasteiger partial charge < -0.3 is 0 Å². The van der Waals surface area contributed by atoms with E-state index in [-0.39, 0.29) is 21.4 Å². The first-order valence-electron chi connectivity index (χ1n) is 8.37. The third-order valence-corrected chi connectivity index (χ3v) is 6.17. The number of sulfonamides is 1. The molecule has 1 aromatic heterocycles. The van der Waals surface area contributed by atoms with E-state index in [1.807, 2.05) is 0 Å². The largest absolute Gasteiger partial charge is 0.281 e. The molecule has 3 aromatic rings. The molecule has 9 heteroatoms. The molecular formula is C20H17FN2O4S2. The molecule has 6 nitrogen and oxygen atoms in total. The fraction of sp³-hybridized carbons (Fsp3) is 0.0500. The van der Waals surface area contributed by atoms with Gasteiger partial charge in [-0.3, -0.25) is 4.72 Å². The summed E-state index contributed by atoms with van der Waals surface area (Å²) < 4.78 is 64.0. The maximum atomic E-state index is 12.9. The van der Waals surface area contributed by atoms with Gasteiger partial charge in [-0.25, -0.2) is 26.2 Å². The Morgan fingerprint density at radius 1 is 0.862 bits per heavy atom. The van der Waals surface area contributed by atoms with E-state index in [2.05, 4.69) is 9.71 Å². The summed E-state index contributed by atoms with van der Waals surface area (Å²) in [4.78, 5) is 3.84. The van der Waals surface area contributed by atoms with Gasteiger partial charge in [0.25, 0.3) is 0 Å². The van der Waals surface area contributed by atoms with Crippen LogP contribution >= 0.6 is 0 Å². The Bertz CT molecular complexity index is 1250. The predicted molar refractivity (Wildman–Crippen MR) is 110 cm³/mol. The van der Waals surface area contributed by atoms with Gasteiger partial charge in [-0.1, -0.05) is 36.4 Å². The molecule has 0 bridgehead atoms. The molecule has 0 fully saturated rings. The smallest absolute Gasteiger partial charge is 0.229 e. The van der Waals surface area contributed by atoms with Gasteiger partial charge in [0.15, 0.2) is 5.03 Å². The van der Waals surface area contributed by atoms with Crippen molar-refractivity contribution < 1.29 is 21.2 Å². The molecule has 0 saturated carbocycles. The standard InChI is InChI=1S/C20H17FN2O4S2/c1-28(24,25)23-19-3-2-14-22-20(19)29(26,27)18-12-8-16(9-13-18)5-4-15-6-10-17(21)11-7-15/h2-14,23H,1H3/b5-4+. The van der Waals surface area contributed by atoms with Gasteiger partial charge in [-0.05, 0) is 47.5 Å². The molecule has 0 aliphatic rings. The number of anilines is 1. The number of benzene rings is 2. The highest BCUT2D eigenvalue weighted by Crippen LogP contribution is 2.26. The van der Waals surface area contributed by atoms with Crippen molar-refractivity contribution in [2.45, 2.75) is 9.92 Å². The highest BCUT2D eigenvalue weighted by atomic mass is 32.2. The molecule has 1 heterocycles. The molecule has 2 aromatic carbocycles. The topological polar surface area (TPSA) is 93.2 Å². The molecule has 0 radical (unpaired) electrons. The summed E-state index contributed by atoms with van der Waals surface area (Å²) in [6, 6.07) is 14.8. The highest BCUT2D eigenvalue weighted by molar-refractivity contribution is 7.92. The maximum Gasteiger partial charge on any atom is 0.229 e. The van der Waals surface area contributed by atoms with E-state index in [1.54, 1.807) is 36.4 Å². The molecule has 0 amide bonds. The maximum absolute atomic E-state index is 12.9. The van der Waals surface area contributed by atoms with Crippen LogP contribution in [0, 0.1) is 5.82 Å². The Morgan fingerprint density at radius 2 is 1.41 bits per heavy atom. The summed E-state index contributed by atoms with van der Waals surface area (Å²) in [5.41, 5.74) is 1.42. The van der Waals surface area contributed by atoms with Crippen molar-refractivity contribution in [1.82, 2.24) is 4.98 Å². The molecule has 0 atom stereocenters. The van der Waals surface area contributed by atoms with Gasteiger partial charge in [0, 0.05) is 6.20 Å². The third-order valence-electron chi connectivity index (χ3n) is 3.85. The Morgan fingerprint density at radius 3 is 1.97 bits per heavy atom. The van der Waals surface area contributed by atoms with Gasteiger partial charge in [-0.15, -0.1) is 0 Å². The Balaban J connectivity index is 1.88. The number of nitrogens with one attached hydrogen (secondary N) is 1. The average molecular weight is 432 g/mol. The van der Waals surface area contributed by atoms with E-state index in [0.29, 0.717) is 0 Å². The molecule has 0 aliphatic heterocycles. The zero-order valence-electron chi connectivity index (χ0n) is 15.3.